The van der Waals surface area contributed by atoms with Crippen LogP contribution in [0.5, 0.6) is 0 Å². The fourth-order valence-corrected chi connectivity index (χ4v) is 3.02. The van der Waals surface area contributed by atoms with E-state index < -0.39 is 17.5 Å². The van der Waals surface area contributed by atoms with Crippen molar-refractivity contribution in [2.75, 3.05) is 6.54 Å². The zero-order valence-electron chi connectivity index (χ0n) is 12.3. The van der Waals surface area contributed by atoms with Gasteiger partial charge in [0.15, 0.2) is 11.6 Å². The van der Waals surface area contributed by atoms with Crippen molar-refractivity contribution in [3.05, 3.63) is 53.4 Å². The molecule has 0 radical (unpaired) electrons. The Kier molecular flexibility index (Phi) is 3.92. The van der Waals surface area contributed by atoms with E-state index in [1.807, 2.05) is 13.1 Å². The van der Waals surface area contributed by atoms with Crippen molar-refractivity contribution in [2.24, 2.45) is 7.05 Å². The molecule has 0 bridgehead atoms. The van der Waals surface area contributed by atoms with E-state index in [4.69, 9.17) is 0 Å². The van der Waals surface area contributed by atoms with Crippen LogP contribution in [0.25, 0.3) is 0 Å². The Balaban J connectivity index is 1.95. The Hall–Kier alpha value is -2.24. The standard InChI is InChI=1S/C16H17F2N3O/c1-20-13(8-9-19-20)14-7-2-3-10-21(14)16(22)11-5-4-6-12(17)15(11)18/h4-6,8-9,14H,2-3,7,10H2,1H3/t14-/m1/s1. The number of halogens is 2. The van der Waals surface area contributed by atoms with Crippen LogP contribution >= 0.6 is 0 Å². The molecule has 1 amide bonds. The number of carbonyl (C=O) groups is 1. The molecule has 4 nitrogen and oxygen atoms in total. The second-order valence-corrected chi connectivity index (χ2v) is 5.49. The number of nitrogens with zero attached hydrogens (tertiary/aromatic N) is 3. The van der Waals surface area contributed by atoms with Crippen molar-refractivity contribution in [2.45, 2.75) is 25.3 Å². The lowest BCUT2D eigenvalue weighted by molar-refractivity contribution is 0.0595. The van der Waals surface area contributed by atoms with Gasteiger partial charge in [0.25, 0.3) is 5.91 Å². The number of likely N-dealkylation sites (tertiary alicyclic amines) is 1. The van der Waals surface area contributed by atoms with Crippen LogP contribution in [0.1, 0.15) is 41.4 Å². The van der Waals surface area contributed by atoms with Gasteiger partial charge in [0.2, 0.25) is 0 Å². The van der Waals surface area contributed by atoms with Crippen molar-refractivity contribution >= 4 is 5.91 Å². The maximum atomic E-state index is 13.9. The Labute approximate surface area is 127 Å². The van der Waals surface area contributed by atoms with Crippen LogP contribution in [0, 0.1) is 11.6 Å². The van der Waals surface area contributed by atoms with Crippen molar-refractivity contribution in [1.29, 1.82) is 0 Å². The molecular formula is C16H17F2N3O. The minimum absolute atomic E-state index is 0.156. The summed E-state index contributed by atoms with van der Waals surface area (Å²) >= 11 is 0. The monoisotopic (exact) mass is 305 g/mol. The summed E-state index contributed by atoms with van der Waals surface area (Å²) in [5, 5.41) is 4.13. The maximum Gasteiger partial charge on any atom is 0.257 e. The second kappa shape index (κ2) is 5.87. The number of carbonyl (C=O) groups excluding carboxylic acids is 1. The topological polar surface area (TPSA) is 38.1 Å². The highest BCUT2D eigenvalue weighted by Crippen LogP contribution is 2.32. The van der Waals surface area contributed by atoms with Gasteiger partial charge in [0.05, 0.1) is 17.3 Å². The third-order valence-electron chi connectivity index (χ3n) is 4.15. The predicted octanol–water partition coefficient (Wildman–Crippen LogP) is 3.07. The van der Waals surface area contributed by atoms with Gasteiger partial charge in [-0.3, -0.25) is 9.48 Å². The molecule has 0 unspecified atom stereocenters. The Morgan fingerprint density at radius 3 is 2.82 bits per heavy atom. The summed E-state index contributed by atoms with van der Waals surface area (Å²) in [6.45, 7) is 0.532. The van der Waals surface area contributed by atoms with Crippen LogP contribution in [-0.2, 0) is 7.05 Å². The number of hydrogen-bond acceptors (Lipinski definition) is 2. The van der Waals surface area contributed by atoms with Gasteiger partial charge in [0, 0.05) is 19.8 Å². The first-order valence-corrected chi connectivity index (χ1v) is 7.32. The van der Waals surface area contributed by atoms with Crippen molar-refractivity contribution < 1.29 is 13.6 Å². The second-order valence-electron chi connectivity index (χ2n) is 5.49. The molecule has 1 aromatic carbocycles. The molecule has 0 spiro atoms. The van der Waals surface area contributed by atoms with Gasteiger partial charge in [-0.2, -0.15) is 5.10 Å². The first-order chi connectivity index (χ1) is 10.6. The van der Waals surface area contributed by atoms with Crippen LogP contribution in [0.4, 0.5) is 8.78 Å². The van der Waals surface area contributed by atoms with Gasteiger partial charge >= 0.3 is 0 Å². The highest BCUT2D eigenvalue weighted by atomic mass is 19.2. The van der Waals surface area contributed by atoms with E-state index in [0.717, 1.165) is 31.0 Å². The number of piperidine rings is 1. The SMILES string of the molecule is Cn1nccc1[C@H]1CCCCN1C(=O)c1cccc(F)c1F. The summed E-state index contributed by atoms with van der Waals surface area (Å²) in [6, 6.07) is 5.40. The molecule has 1 atom stereocenters. The van der Waals surface area contributed by atoms with E-state index >= 15 is 0 Å². The largest absolute Gasteiger partial charge is 0.330 e. The summed E-state index contributed by atoms with van der Waals surface area (Å²) < 4.78 is 29.0. The molecule has 1 aromatic heterocycles. The summed E-state index contributed by atoms with van der Waals surface area (Å²) in [7, 11) is 1.81. The fourth-order valence-electron chi connectivity index (χ4n) is 3.02. The van der Waals surface area contributed by atoms with Gasteiger partial charge in [-0.1, -0.05) is 6.07 Å². The first-order valence-electron chi connectivity index (χ1n) is 7.32. The quantitative estimate of drug-likeness (QED) is 0.855. The van der Waals surface area contributed by atoms with Crippen LogP contribution in [0.2, 0.25) is 0 Å². The van der Waals surface area contributed by atoms with Crippen LogP contribution in [-0.4, -0.2) is 27.1 Å². The number of amides is 1. The molecule has 0 aliphatic carbocycles. The van der Waals surface area contributed by atoms with Crippen molar-refractivity contribution in [3.8, 4) is 0 Å². The lowest BCUT2D eigenvalue weighted by Gasteiger charge is -2.35. The number of benzene rings is 1. The van der Waals surface area contributed by atoms with Gasteiger partial charge in [-0.15, -0.1) is 0 Å². The molecule has 2 heterocycles. The molecule has 1 aliphatic heterocycles. The van der Waals surface area contributed by atoms with E-state index in [0.29, 0.717) is 6.54 Å². The van der Waals surface area contributed by atoms with E-state index in [-0.39, 0.29) is 11.6 Å². The van der Waals surface area contributed by atoms with Gasteiger partial charge in [-0.25, -0.2) is 8.78 Å². The lowest BCUT2D eigenvalue weighted by Crippen LogP contribution is -2.39. The molecule has 1 aliphatic rings. The normalized spacial score (nSPS) is 18.5. The molecule has 2 aromatic rings. The lowest BCUT2D eigenvalue weighted by atomic mass is 9.98. The van der Waals surface area contributed by atoms with Gasteiger partial charge in [-0.05, 0) is 37.5 Å². The molecule has 3 rings (SSSR count). The zero-order chi connectivity index (χ0) is 15.7. The van der Waals surface area contributed by atoms with Crippen LogP contribution in [0.3, 0.4) is 0 Å². The van der Waals surface area contributed by atoms with Crippen LogP contribution in [0.15, 0.2) is 30.5 Å². The summed E-state index contributed by atoms with van der Waals surface area (Å²) in [6.07, 6.45) is 4.32. The average Bonchev–Trinajstić information content (AvgIpc) is 2.95. The number of rotatable bonds is 2. The average molecular weight is 305 g/mol. The summed E-state index contributed by atoms with van der Waals surface area (Å²) in [5.74, 6) is -2.55. The summed E-state index contributed by atoms with van der Waals surface area (Å²) in [4.78, 5) is 14.3. The Morgan fingerprint density at radius 2 is 2.09 bits per heavy atom. The molecule has 1 fully saturated rings. The molecule has 116 valence electrons. The highest BCUT2D eigenvalue weighted by Gasteiger charge is 2.31. The third kappa shape index (κ3) is 2.49. The smallest absolute Gasteiger partial charge is 0.257 e. The zero-order valence-corrected chi connectivity index (χ0v) is 12.3. The van der Waals surface area contributed by atoms with Crippen molar-refractivity contribution in [3.63, 3.8) is 0 Å². The minimum atomic E-state index is -1.08. The van der Waals surface area contributed by atoms with Crippen LogP contribution < -0.4 is 0 Å². The van der Waals surface area contributed by atoms with E-state index in [1.165, 1.54) is 12.1 Å². The summed E-state index contributed by atoms with van der Waals surface area (Å²) in [5.41, 5.74) is 0.693. The molecule has 0 saturated carbocycles. The molecule has 1 saturated heterocycles. The molecule has 6 heteroatoms. The first kappa shape index (κ1) is 14.7. The van der Waals surface area contributed by atoms with E-state index in [1.54, 1.807) is 15.8 Å². The minimum Gasteiger partial charge on any atom is -0.330 e. The van der Waals surface area contributed by atoms with E-state index in [9.17, 15) is 13.6 Å². The molecule has 0 N–H and O–H groups in total. The third-order valence-corrected chi connectivity index (χ3v) is 4.15. The maximum absolute atomic E-state index is 13.9. The fraction of sp³-hybridized carbons (Fsp3) is 0.375. The highest BCUT2D eigenvalue weighted by molar-refractivity contribution is 5.94. The molecular weight excluding hydrogens is 288 g/mol. The van der Waals surface area contributed by atoms with E-state index in [2.05, 4.69) is 5.10 Å². The predicted molar refractivity (Wildman–Crippen MR) is 77.2 cm³/mol. The number of aromatic nitrogens is 2. The number of aryl methyl sites for hydroxylation is 1. The van der Waals surface area contributed by atoms with Crippen molar-refractivity contribution in [1.82, 2.24) is 14.7 Å². The number of hydrogen-bond donors (Lipinski definition) is 0. The van der Waals surface area contributed by atoms with Gasteiger partial charge < -0.3 is 4.90 Å². The Bertz CT molecular complexity index is 698. The Morgan fingerprint density at radius 1 is 1.27 bits per heavy atom. The molecule has 22 heavy (non-hydrogen) atoms. The van der Waals surface area contributed by atoms with Gasteiger partial charge in [0.1, 0.15) is 0 Å².